The number of hydrogen-bond acceptors (Lipinski definition) is 6. The minimum absolute atomic E-state index is 0.0142. The Bertz CT molecular complexity index is 923. The molecular formula is C16H14F3N5O4. The summed E-state index contributed by atoms with van der Waals surface area (Å²) in [5, 5.41) is 6.38. The highest BCUT2D eigenvalue weighted by Crippen LogP contribution is 2.28. The number of alkyl halides is 3. The van der Waals surface area contributed by atoms with E-state index in [1.54, 1.807) is 0 Å². The van der Waals surface area contributed by atoms with E-state index >= 15 is 0 Å². The second kappa shape index (κ2) is 7.29. The van der Waals surface area contributed by atoms with Crippen LogP contribution in [0.15, 0.2) is 24.5 Å². The van der Waals surface area contributed by atoms with Crippen molar-refractivity contribution in [3.05, 3.63) is 41.3 Å². The monoisotopic (exact) mass is 397 g/mol. The standard InChI is InChI=1S/C16H14F3N5O4/c1-9-11(14(26)28-8-13(25)23-5-4-20-15(23)27)7-22-24(9)12-3-2-10(6-21-12)16(17,18)19/h2-3,6-7H,4-5,8H2,1H3,(H,20,27). The lowest BCUT2D eigenvalue weighted by Gasteiger charge is -2.12. The molecule has 0 aromatic carbocycles. The molecule has 1 fully saturated rings. The van der Waals surface area contributed by atoms with Crippen molar-refractivity contribution in [2.24, 2.45) is 0 Å². The third kappa shape index (κ3) is 3.80. The zero-order valence-electron chi connectivity index (χ0n) is 14.5. The van der Waals surface area contributed by atoms with Crippen LogP contribution in [0.25, 0.3) is 5.82 Å². The lowest BCUT2D eigenvalue weighted by Crippen LogP contribution is -2.37. The van der Waals surface area contributed by atoms with E-state index in [0.29, 0.717) is 12.7 Å². The molecule has 0 radical (unpaired) electrons. The van der Waals surface area contributed by atoms with E-state index in [4.69, 9.17) is 4.74 Å². The molecule has 0 bridgehead atoms. The number of carbonyl (C=O) groups is 3. The van der Waals surface area contributed by atoms with E-state index in [9.17, 15) is 27.6 Å². The summed E-state index contributed by atoms with van der Waals surface area (Å²) < 4.78 is 43.9. The van der Waals surface area contributed by atoms with Crippen LogP contribution in [0.3, 0.4) is 0 Å². The number of hydrogen-bond donors (Lipinski definition) is 1. The normalized spacial score (nSPS) is 14.1. The zero-order chi connectivity index (χ0) is 20.5. The molecule has 1 aliphatic heterocycles. The Balaban J connectivity index is 1.69. The van der Waals surface area contributed by atoms with Gasteiger partial charge in [0.2, 0.25) is 0 Å². The van der Waals surface area contributed by atoms with Gasteiger partial charge in [-0.1, -0.05) is 0 Å². The van der Waals surface area contributed by atoms with E-state index in [0.717, 1.165) is 23.2 Å². The van der Waals surface area contributed by atoms with Crippen molar-refractivity contribution in [3.8, 4) is 5.82 Å². The zero-order valence-corrected chi connectivity index (χ0v) is 14.5. The van der Waals surface area contributed by atoms with E-state index in [1.165, 1.54) is 11.6 Å². The number of aromatic nitrogens is 3. The van der Waals surface area contributed by atoms with Crippen molar-refractivity contribution in [1.29, 1.82) is 0 Å². The van der Waals surface area contributed by atoms with Gasteiger partial charge in [0, 0.05) is 19.3 Å². The van der Waals surface area contributed by atoms with Gasteiger partial charge in [0.25, 0.3) is 5.91 Å². The molecule has 1 saturated heterocycles. The first-order chi connectivity index (χ1) is 13.2. The summed E-state index contributed by atoms with van der Waals surface area (Å²) in [7, 11) is 0. The number of urea groups is 1. The molecule has 28 heavy (non-hydrogen) atoms. The van der Waals surface area contributed by atoms with Crippen LogP contribution in [0.2, 0.25) is 0 Å². The number of carbonyl (C=O) groups excluding carboxylic acids is 3. The van der Waals surface area contributed by atoms with E-state index < -0.39 is 36.3 Å². The summed E-state index contributed by atoms with van der Waals surface area (Å²) in [6.07, 6.45) is -2.70. The second-order valence-electron chi connectivity index (χ2n) is 5.81. The minimum Gasteiger partial charge on any atom is -0.452 e. The lowest BCUT2D eigenvalue weighted by atomic mass is 10.2. The Kier molecular flexibility index (Phi) is 5.03. The SMILES string of the molecule is Cc1c(C(=O)OCC(=O)N2CCNC2=O)cnn1-c1ccc(C(F)(F)F)cn1. The first-order valence-corrected chi connectivity index (χ1v) is 8.02. The van der Waals surface area contributed by atoms with E-state index in [-0.39, 0.29) is 23.6 Å². The van der Waals surface area contributed by atoms with Crippen LogP contribution < -0.4 is 5.32 Å². The van der Waals surface area contributed by atoms with Crippen LogP contribution in [0.4, 0.5) is 18.0 Å². The van der Waals surface area contributed by atoms with Crippen molar-refractivity contribution < 1.29 is 32.3 Å². The molecule has 0 unspecified atom stereocenters. The van der Waals surface area contributed by atoms with Gasteiger partial charge >= 0.3 is 18.2 Å². The molecule has 12 heteroatoms. The predicted octanol–water partition coefficient (Wildman–Crippen LogP) is 1.30. The molecule has 1 N–H and O–H groups in total. The first-order valence-electron chi connectivity index (χ1n) is 8.02. The molecule has 1 aliphatic rings. The number of ether oxygens (including phenoxy) is 1. The summed E-state index contributed by atoms with van der Waals surface area (Å²) >= 11 is 0. The maximum Gasteiger partial charge on any atom is 0.417 e. The highest BCUT2D eigenvalue weighted by Gasteiger charge is 2.31. The van der Waals surface area contributed by atoms with Gasteiger partial charge in [0.1, 0.15) is 5.56 Å². The maximum absolute atomic E-state index is 12.6. The van der Waals surface area contributed by atoms with Gasteiger partial charge in [0.15, 0.2) is 12.4 Å². The number of rotatable bonds is 4. The maximum atomic E-state index is 12.6. The van der Waals surface area contributed by atoms with Crippen molar-refractivity contribution in [1.82, 2.24) is 25.0 Å². The highest BCUT2D eigenvalue weighted by atomic mass is 19.4. The predicted molar refractivity (Wildman–Crippen MR) is 86.5 cm³/mol. The fourth-order valence-electron chi connectivity index (χ4n) is 2.51. The fourth-order valence-corrected chi connectivity index (χ4v) is 2.51. The quantitative estimate of drug-likeness (QED) is 0.780. The van der Waals surface area contributed by atoms with Gasteiger partial charge in [-0.25, -0.2) is 19.3 Å². The molecular weight excluding hydrogens is 383 g/mol. The third-order valence-electron chi connectivity index (χ3n) is 4.01. The third-order valence-corrected chi connectivity index (χ3v) is 4.01. The van der Waals surface area contributed by atoms with Crippen LogP contribution in [0.5, 0.6) is 0 Å². The number of halogens is 3. The van der Waals surface area contributed by atoms with Gasteiger partial charge in [-0.15, -0.1) is 0 Å². The van der Waals surface area contributed by atoms with Gasteiger partial charge in [-0.05, 0) is 19.1 Å². The molecule has 0 spiro atoms. The molecule has 3 heterocycles. The number of imide groups is 1. The van der Waals surface area contributed by atoms with Crippen molar-refractivity contribution in [2.75, 3.05) is 19.7 Å². The van der Waals surface area contributed by atoms with Crippen molar-refractivity contribution in [2.45, 2.75) is 13.1 Å². The molecule has 9 nitrogen and oxygen atoms in total. The van der Waals surface area contributed by atoms with Gasteiger partial charge < -0.3 is 10.1 Å². The van der Waals surface area contributed by atoms with Crippen LogP contribution in [-0.2, 0) is 15.7 Å². The van der Waals surface area contributed by atoms with E-state index in [2.05, 4.69) is 15.4 Å². The molecule has 2 aromatic heterocycles. The molecule has 0 atom stereocenters. The largest absolute Gasteiger partial charge is 0.452 e. The first kappa shape index (κ1) is 19.3. The second-order valence-corrected chi connectivity index (χ2v) is 5.81. The van der Waals surface area contributed by atoms with Crippen LogP contribution in [-0.4, -0.2) is 57.3 Å². The molecule has 0 aliphatic carbocycles. The highest BCUT2D eigenvalue weighted by molar-refractivity contribution is 5.98. The Morgan fingerprint density at radius 2 is 2.04 bits per heavy atom. The molecule has 148 valence electrons. The Morgan fingerprint density at radius 1 is 1.29 bits per heavy atom. The average Bonchev–Trinajstić information content (AvgIpc) is 3.24. The topological polar surface area (TPSA) is 106 Å². The fraction of sp³-hybridized carbons (Fsp3) is 0.312. The van der Waals surface area contributed by atoms with Crippen molar-refractivity contribution in [3.63, 3.8) is 0 Å². The summed E-state index contributed by atoms with van der Waals surface area (Å²) in [5.41, 5.74) is -0.630. The molecule has 3 rings (SSSR count). The number of nitrogens with zero attached hydrogens (tertiary/aromatic N) is 4. The molecule has 3 amide bonds. The summed E-state index contributed by atoms with van der Waals surface area (Å²) in [6.45, 7) is 1.38. The number of esters is 1. The van der Waals surface area contributed by atoms with Crippen LogP contribution in [0, 0.1) is 6.92 Å². The minimum atomic E-state index is -4.52. The number of pyridine rings is 1. The molecule has 0 saturated carbocycles. The van der Waals surface area contributed by atoms with Crippen molar-refractivity contribution >= 4 is 17.9 Å². The summed E-state index contributed by atoms with van der Waals surface area (Å²) in [5.74, 6) is -1.45. The van der Waals surface area contributed by atoms with Gasteiger partial charge in [-0.2, -0.15) is 18.3 Å². The summed E-state index contributed by atoms with van der Waals surface area (Å²) in [4.78, 5) is 40.1. The number of nitrogens with one attached hydrogen (secondary N) is 1. The lowest BCUT2D eigenvalue weighted by molar-refractivity contribution is -0.137. The van der Waals surface area contributed by atoms with Gasteiger partial charge in [0.05, 0.1) is 17.5 Å². The van der Waals surface area contributed by atoms with Crippen LogP contribution >= 0.6 is 0 Å². The van der Waals surface area contributed by atoms with Crippen LogP contribution in [0.1, 0.15) is 21.6 Å². The average molecular weight is 397 g/mol. The Labute approximate surface area is 156 Å². The molecule has 2 aromatic rings. The number of amides is 3. The Morgan fingerprint density at radius 3 is 2.61 bits per heavy atom. The van der Waals surface area contributed by atoms with Gasteiger partial charge in [-0.3, -0.25) is 9.69 Å². The summed E-state index contributed by atoms with van der Waals surface area (Å²) in [6, 6.07) is 1.41. The Hall–Kier alpha value is -3.44. The smallest absolute Gasteiger partial charge is 0.417 e. The van der Waals surface area contributed by atoms with E-state index in [1.807, 2.05) is 0 Å².